The zero-order valence-electron chi connectivity index (χ0n) is 9.32. The first-order chi connectivity index (χ1) is 7.21. The highest BCUT2D eigenvalue weighted by atomic mass is 32.2. The first kappa shape index (κ1) is 13.1. The van der Waals surface area contributed by atoms with Crippen LogP contribution in [0.25, 0.3) is 0 Å². The molecular weight excluding hydrogens is 233 g/mol. The number of hydrogen-bond acceptors (Lipinski definition) is 3. The second-order valence-corrected chi connectivity index (χ2v) is 5.90. The van der Waals surface area contributed by atoms with Crippen molar-refractivity contribution in [2.24, 2.45) is 0 Å². The minimum atomic E-state index is -3.75. The van der Waals surface area contributed by atoms with E-state index in [1.54, 1.807) is 20.8 Å². The van der Waals surface area contributed by atoms with Gasteiger partial charge < -0.3 is 0 Å². The zero-order chi connectivity index (χ0) is 12.4. The van der Waals surface area contributed by atoms with Gasteiger partial charge in [-0.1, -0.05) is 4.89 Å². The van der Waals surface area contributed by atoms with Crippen LogP contribution in [0.4, 0.5) is 4.39 Å². The lowest BCUT2D eigenvalue weighted by Gasteiger charge is -2.19. The maximum atomic E-state index is 12.6. The van der Waals surface area contributed by atoms with Gasteiger partial charge in [0.15, 0.2) is 0 Å². The third-order valence-electron chi connectivity index (χ3n) is 1.58. The van der Waals surface area contributed by atoms with Gasteiger partial charge in [0, 0.05) is 0 Å². The van der Waals surface area contributed by atoms with Crippen LogP contribution in [0.5, 0.6) is 0 Å². The monoisotopic (exact) mass is 247 g/mol. The average molecular weight is 247 g/mol. The van der Waals surface area contributed by atoms with E-state index in [1.807, 2.05) is 4.89 Å². The van der Waals surface area contributed by atoms with Crippen molar-refractivity contribution >= 4 is 10.0 Å². The molecule has 0 aliphatic heterocycles. The summed E-state index contributed by atoms with van der Waals surface area (Å²) in [6.07, 6.45) is 0. The molecule has 0 saturated heterocycles. The van der Waals surface area contributed by atoms with Crippen LogP contribution in [0.3, 0.4) is 0 Å². The number of halogens is 1. The Balaban J connectivity index is 2.83. The van der Waals surface area contributed by atoms with Crippen LogP contribution >= 0.6 is 0 Å². The molecule has 1 rings (SSSR count). The molecule has 1 aromatic rings. The van der Waals surface area contributed by atoms with Crippen molar-refractivity contribution < 1.29 is 17.6 Å². The van der Waals surface area contributed by atoms with E-state index < -0.39 is 21.4 Å². The van der Waals surface area contributed by atoms with Crippen LogP contribution in [-0.4, -0.2) is 14.0 Å². The Bertz CT molecular complexity index is 448. The molecule has 0 bridgehead atoms. The Hall–Kier alpha value is -0.980. The van der Waals surface area contributed by atoms with Crippen LogP contribution < -0.4 is 4.89 Å². The predicted octanol–water partition coefficient (Wildman–Crippen LogP) is 1.83. The van der Waals surface area contributed by atoms with Crippen molar-refractivity contribution in [3.63, 3.8) is 0 Å². The molecule has 0 atom stereocenters. The third-order valence-corrected chi connectivity index (χ3v) is 2.78. The number of hydrogen-bond donors (Lipinski definition) is 1. The molecule has 0 unspecified atom stereocenters. The number of rotatable bonds is 3. The van der Waals surface area contributed by atoms with Gasteiger partial charge in [-0.25, -0.2) is 12.8 Å². The standard InChI is InChI=1S/C10H14FNO3S/c1-10(2,3)15-12-16(13,14)9-6-4-8(11)5-7-9/h4-7,12H,1-3H3. The molecular formula is C10H14FNO3S. The van der Waals surface area contributed by atoms with Crippen molar-refractivity contribution in [2.45, 2.75) is 31.3 Å². The predicted molar refractivity (Wildman–Crippen MR) is 57.6 cm³/mol. The van der Waals surface area contributed by atoms with Crippen molar-refractivity contribution in [2.75, 3.05) is 0 Å². The summed E-state index contributed by atoms with van der Waals surface area (Å²) in [4.78, 5) is 6.89. The van der Waals surface area contributed by atoms with Gasteiger partial charge in [0.25, 0.3) is 10.0 Å². The normalized spacial score (nSPS) is 12.8. The number of sulfonamides is 1. The Kier molecular flexibility index (Phi) is 3.67. The molecule has 0 amide bonds. The molecule has 6 heteroatoms. The van der Waals surface area contributed by atoms with E-state index in [0.717, 1.165) is 12.1 Å². The highest BCUT2D eigenvalue weighted by Gasteiger charge is 2.18. The van der Waals surface area contributed by atoms with E-state index in [0.29, 0.717) is 0 Å². The Morgan fingerprint density at radius 2 is 1.69 bits per heavy atom. The van der Waals surface area contributed by atoms with Crippen molar-refractivity contribution in [1.29, 1.82) is 0 Å². The fourth-order valence-corrected chi connectivity index (χ4v) is 1.79. The van der Waals surface area contributed by atoms with Crippen LogP contribution in [0, 0.1) is 5.82 Å². The lowest BCUT2D eigenvalue weighted by atomic mass is 10.2. The Morgan fingerprint density at radius 1 is 1.19 bits per heavy atom. The van der Waals surface area contributed by atoms with E-state index in [2.05, 4.69) is 0 Å². The van der Waals surface area contributed by atoms with Gasteiger partial charge in [-0.05, 0) is 45.0 Å². The quantitative estimate of drug-likeness (QED) is 0.829. The fourth-order valence-electron chi connectivity index (χ4n) is 0.842. The minimum absolute atomic E-state index is 0.0434. The lowest BCUT2D eigenvalue weighted by Crippen LogP contribution is -2.33. The van der Waals surface area contributed by atoms with Crippen LogP contribution in [0.1, 0.15) is 20.8 Å². The van der Waals surface area contributed by atoms with Gasteiger partial charge in [-0.15, -0.1) is 0 Å². The number of nitrogens with one attached hydrogen (secondary N) is 1. The minimum Gasteiger partial charge on any atom is -0.281 e. The highest BCUT2D eigenvalue weighted by molar-refractivity contribution is 7.89. The molecule has 1 aromatic carbocycles. The van der Waals surface area contributed by atoms with E-state index >= 15 is 0 Å². The molecule has 0 aliphatic rings. The average Bonchev–Trinajstić information content (AvgIpc) is 2.15. The SMILES string of the molecule is CC(C)(C)ONS(=O)(=O)c1ccc(F)cc1. The van der Waals surface area contributed by atoms with Gasteiger partial charge in [-0.3, -0.25) is 4.84 Å². The van der Waals surface area contributed by atoms with Crippen molar-refractivity contribution in [1.82, 2.24) is 4.89 Å². The third kappa shape index (κ3) is 3.88. The molecule has 0 fully saturated rings. The van der Waals surface area contributed by atoms with Crippen molar-refractivity contribution in [3.05, 3.63) is 30.1 Å². The molecule has 0 spiro atoms. The molecule has 0 aromatic heterocycles. The Labute approximate surface area is 94.4 Å². The summed E-state index contributed by atoms with van der Waals surface area (Å²) in [5, 5.41) is 0. The molecule has 0 heterocycles. The molecule has 16 heavy (non-hydrogen) atoms. The summed E-state index contributed by atoms with van der Waals surface area (Å²) in [6.45, 7) is 5.13. The van der Waals surface area contributed by atoms with E-state index in [-0.39, 0.29) is 4.90 Å². The second-order valence-electron chi connectivity index (χ2n) is 4.26. The molecule has 1 N–H and O–H groups in total. The van der Waals surface area contributed by atoms with Gasteiger partial charge in [-0.2, -0.15) is 0 Å². The molecule has 0 radical (unpaired) electrons. The molecule has 90 valence electrons. The van der Waals surface area contributed by atoms with Gasteiger partial charge in [0.05, 0.1) is 10.5 Å². The maximum Gasteiger partial charge on any atom is 0.262 e. The van der Waals surface area contributed by atoms with E-state index in [4.69, 9.17) is 4.84 Å². The largest absolute Gasteiger partial charge is 0.281 e. The van der Waals surface area contributed by atoms with Crippen LogP contribution in [-0.2, 0) is 14.9 Å². The summed E-state index contributed by atoms with van der Waals surface area (Å²) in [5.41, 5.74) is -0.632. The number of benzene rings is 1. The Morgan fingerprint density at radius 3 is 2.12 bits per heavy atom. The summed E-state index contributed by atoms with van der Waals surface area (Å²) in [5.74, 6) is -0.490. The smallest absolute Gasteiger partial charge is 0.262 e. The topological polar surface area (TPSA) is 55.4 Å². The highest BCUT2D eigenvalue weighted by Crippen LogP contribution is 2.12. The molecule has 0 aliphatic carbocycles. The first-order valence-corrected chi connectivity index (χ1v) is 6.14. The van der Waals surface area contributed by atoms with Gasteiger partial charge in [0.1, 0.15) is 5.82 Å². The summed E-state index contributed by atoms with van der Waals surface area (Å²) in [7, 11) is -3.75. The van der Waals surface area contributed by atoms with E-state index in [9.17, 15) is 12.8 Å². The molecule has 0 saturated carbocycles. The summed E-state index contributed by atoms with van der Waals surface area (Å²) in [6, 6.07) is 4.49. The second kappa shape index (κ2) is 4.48. The summed E-state index contributed by atoms with van der Waals surface area (Å²) < 4.78 is 35.9. The van der Waals surface area contributed by atoms with Crippen LogP contribution in [0.15, 0.2) is 29.2 Å². The van der Waals surface area contributed by atoms with Gasteiger partial charge in [0.2, 0.25) is 0 Å². The van der Waals surface area contributed by atoms with Crippen LogP contribution in [0.2, 0.25) is 0 Å². The lowest BCUT2D eigenvalue weighted by molar-refractivity contribution is -0.0357. The van der Waals surface area contributed by atoms with Crippen molar-refractivity contribution in [3.8, 4) is 0 Å². The van der Waals surface area contributed by atoms with E-state index in [1.165, 1.54) is 12.1 Å². The maximum absolute atomic E-state index is 12.6. The summed E-state index contributed by atoms with van der Waals surface area (Å²) >= 11 is 0. The first-order valence-electron chi connectivity index (χ1n) is 4.66. The van der Waals surface area contributed by atoms with Gasteiger partial charge >= 0.3 is 0 Å². The fraction of sp³-hybridized carbons (Fsp3) is 0.400. The molecule has 4 nitrogen and oxygen atoms in total. The zero-order valence-corrected chi connectivity index (χ0v) is 10.1.